The number of carbonyl (C=O) groups excluding carboxylic acids is 1. The van der Waals surface area contributed by atoms with Gasteiger partial charge in [-0.1, -0.05) is 42.5 Å². The van der Waals surface area contributed by atoms with Crippen LogP contribution in [-0.2, 0) is 28.0 Å². The van der Waals surface area contributed by atoms with Gasteiger partial charge >= 0.3 is 16.3 Å². The minimum absolute atomic E-state index is 0.0655. The molecule has 0 radical (unpaired) electrons. The van der Waals surface area contributed by atoms with Crippen LogP contribution in [0.1, 0.15) is 17.5 Å². The molecule has 2 aromatic rings. The Bertz CT molecular complexity index is 852. The van der Waals surface area contributed by atoms with E-state index in [1.165, 1.54) is 11.0 Å². The number of hydrogen-bond acceptors (Lipinski definition) is 4. The molecule has 0 aliphatic carbocycles. The first-order valence-electron chi connectivity index (χ1n) is 7.51. The highest BCUT2D eigenvalue weighted by molar-refractivity contribution is 7.86. The van der Waals surface area contributed by atoms with Gasteiger partial charge in [0, 0.05) is 6.54 Å². The lowest BCUT2D eigenvalue weighted by Crippen LogP contribution is -2.36. The molecule has 0 atom stereocenters. The average molecular weight is 349 g/mol. The molecule has 5 nitrogen and oxygen atoms in total. The van der Waals surface area contributed by atoms with E-state index in [9.17, 15) is 17.1 Å². The van der Waals surface area contributed by atoms with E-state index >= 15 is 0 Å². The Hall–Kier alpha value is -2.41. The van der Waals surface area contributed by atoms with Gasteiger partial charge in [-0.2, -0.15) is 8.42 Å². The largest absolute Gasteiger partial charge is 0.444 e. The normalized spacial score (nSPS) is 14.1. The van der Waals surface area contributed by atoms with Crippen molar-refractivity contribution in [2.45, 2.75) is 24.3 Å². The number of anilines is 1. The number of rotatable bonds is 3. The summed E-state index contributed by atoms with van der Waals surface area (Å²) in [5, 5.41) is 0. The number of ether oxygens (including phenoxy) is 1. The van der Waals surface area contributed by atoms with Gasteiger partial charge < -0.3 is 4.74 Å². The summed E-state index contributed by atoms with van der Waals surface area (Å²) in [5.74, 6) is 0. The molecule has 0 bridgehead atoms. The van der Waals surface area contributed by atoms with Gasteiger partial charge in [-0.25, -0.2) is 4.79 Å². The van der Waals surface area contributed by atoms with Crippen LogP contribution in [0.3, 0.4) is 0 Å². The number of aryl methyl sites for hydroxylation is 1. The molecule has 0 saturated carbocycles. The number of benzene rings is 2. The smallest absolute Gasteiger partial charge is 0.414 e. The van der Waals surface area contributed by atoms with E-state index in [4.69, 9.17) is 4.74 Å². The second-order valence-corrected chi connectivity index (χ2v) is 6.81. The molecular weight excluding hydrogens is 333 g/mol. The summed E-state index contributed by atoms with van der Waals surface area (Å²) in [6.07, 6.45) is 0.556. The Morgan fingerprint density at radius 3 is 2.58 bits per heavy atom. The van der Waals surface area contributed by atoms with Crippen molar-refractivity contribution in [2.75, 3.05) is 11.4 Å². The van der Waals surface area contributed by atoms with Crippen molar-refractivity contribution in [3.05, 3.63) is 59.7 Å². The molecule has 126 valence electrons. The fraction of sp³-hybridized carbons (Fsp3) is 0.235. The first-order valence-corrected chi connectivity index (χ1v) is 8.90. The highest BCUT2D eigenvalue weighted by Crippen LogP contribution is 2.35. The van der Waals surface area contributed by atoms with E-state index in [1.807, 2.05) is 30.3 Å². The summed E-state index contributed by atoms with van der Waals surface area (Å²) in [5.41, 5.74) is 1.52. The number of nitrogens with zero attached hydrogens (tertiary/aromatic N) is 1. The fourth-order valence-electron chi connectivity index (χ4n) is 2.79. The molecule has 0 N–H and O–H groups in total. The molecule has 0 unspecified atom stereocenters. The van der Waals surface area contributed by atoms with Crippen LogP contribution < -0.4 is 4.90 Å². The maximum atomic E-state index is 13.6. The molecule has 0 fully saturated rings. The predicted molar refractivity (Wildman–Crippen MR) is 87.0 cm³/mol. The fourth-order valence-corrected chi connectivity index (χ4v) is 3.51. The van der Waals surface area contributed by atoms with E-state index < -0.39 is 21.2 Å². The molecular formula is C17H16FNO4S. The van der Waals surface area contributed by atoms with E-state index in [-0.39, 0.29) is 18.8 Å². The molecule has 7 heteroatoms. The molecule has 1 amide bonds. The van der Waals surface area contributed by atoms with Gasteiger partial charge in [0.15, 0.2) is 0 Å². The molecule has 1 aliphatic heterocycles. The van der Waals surface area contributed by atoms with Crippen LogP contribution in [0.25, 0.3) is 0 Å². The highest BCUT2D eigenvalue weighted by atomic mass is 32.3. The van der Waals surface area contributed by atoms with Crippen molar-refractivity contribution in [2.24, 2.45) is 0 Å². The van der Waals surface area contributed by atoms with Crippen LogP contribution in [0.2, 0.25) is 0 Å². The van der Waals surface area contributed by atoms with Gasteiger partial charge in [0.25, 0.3) is 0 Å². The Morgan fingerprint density at radius 2 is 1.88 bits per heavy atom. The minimum atomic E-state index is -4.93. The number of fused-ring (bicyclic) bond motifs is 1. The lowest BCUT2D eigenvalue weighted by Gasteiger charge is -2.29. The SMILES string of the molecule is O=C(OCc1ccccc1)N1CCCc2cccc(S(=O)(=O)F)c21. The monoisotopic (exact) mass is 349 g/mol. The van der Waals surface area contributed by atoms with Crippen LogP contribution in [0, 0.1) is 0 Å². The van der Waals surface area contributed by atoms with Crippen molar-refractivity contribution in [3.8, 4) is 0 Å². The number of halogens is 1. The molecule has 1 aliphatic rings. The summed E-state index contributed by atoms with van der Waals surface area (Å²) in [4.78, 5) is 13.1. The third kappa shape index (κ3) is 3.41. The summed E-state index contributed by atoms with van der Waals surface area (Å²) >= 11 is 0. The molecule has 3 rings (SSSR count). The number of carbonyl (C=O) groups is 1. The van der Waals surface area contributed by atoms with Crippen LogP contribution in [-0.4, -0.2) is 21.1 Å². The van der Waals surface area contributed by atoms with Gasteiger partial charge in [-0.15, -0.1) is 3.89 Å². The molecule has 0 aromatic heterocycles. The second-order valence-electron chi connectivity index (χ2n) is 5.50. The van der Waals surface area contributed by atoms with Gasteiger partial charge in [-0.3, -0.25) is 4.90 Å². The molecule has 0 saturated heterocycles. The quantitative estimate of drug-likeness (QED) is 0.797. The summed E-state index contributed by atoms with van der Waals surface area (Å²) in [6, 6.07) is 13.5. The number of amides is 1. The zero-order chi connectivity index (χ0) is 17.2. The topological polar surface area (TPSA) is 63.7 Å². The molecule has 1 heterocycles. The van der Waals surface area contributed by atoms with Gasteiger partial charge in [-0.05, 0) is 30.0 Å². The summed E-state index contributed by atoms with van der Waals surface area (Å²) in [6.45, 7) is 0.350. The van der Waals surface area contributed by atoms with Crippen molar-refractivity contribution in [1.82, 2.24) is 0 Å². The number of para-hydroxylation sites is 1. The van der Waals surface area contributed by atoms with Gasteiger partial charge in [0.1, 0.15) is 11.5 Å². The Morgan fingerprint density at radius 1 is 1.12 bits per heavy atom. The molecule has 24 heavy (non-hydrogen) atoms. The van der Waals surface area contributed by atoms with Crippen LogP contribution in [0.15, 0.2) is 53.4 Å². The van der Waals surface area contributed by atoms with Gasteiger partial charge in [0.05, 0.1) is 5.69 Å². The lowest BCUT2D eigenvalue weighted by molar-refractivity contribution is 0.146. The third-order valence-corrected chi connectivity index (χ3v) is 4.72. The average Bonchev–Trinajstić information content (AvgIpc) is 2.58. The van der Waals surface area contributed by atoms with E-state index in [0.717, 1.165) is 11.6 Å². The summed E-state index contributed by atoms with van der Waals surface area (Å²) < 4.78 is 41.7. The van der Waals surface area contributed by atoms with E-state index in [2.05, 4.69) is 0 Å². The van der Waals surface area contributed by atoms with Crippen LogP contribution in [0.4, 0.5) is 14.4 Å². The third-order valence-electron chi connectivity index (χ3n) is 3.87. The first-order chi connectivity index (χ1) is 11.5. The first kappa shape index (κ1) is 16.4. The van der Waals surface area contributed by atoms with E-state index in [1.54, 1.807) is 6.07 Å². The van der Waals surface area contributed by atoms with Gasteiger partial charge in [0.2, 0.25) is 0 Å². The van der Waals surface area contributed by atoms with Crippen molar-refractivity contribution >= 4 is 22.0 Å². The zero-order valence-corrected chi connectivity index (χ0v) is 13.6. The lowest BCUT2D eigenvalue weighted by atomic mass is 10.0. The van der Waals surface area contributed by atoms with Crippen molar-refractivity contribution in [3.63, 3.8) is 0 Å². The van der Waals surface area contributed by atoms with Crippen LogP contribution >= 0.6 is 0 Å². The molecule has 0 spiro atoms. The Labute approximate surface area is 139 Å². The number of hydrogen-bond donors (Lipinski definition) is 0. The Balaban J connectivity index is 1.87. The van der Waals surface area contributed by atoms with Crippen molar-refractivity contribution < 1.29 is 21.8 Å². The summed E-state index contributed by atoms with van der Waals surface area (Å²) in [7, 11) is -4.93. The minimum Gasteiger partial charge on any atom is -0.444 e. The van der Waals surface area contributed by atoms with Crippen LogP contribution in [0.5, 0.6) is 0 Å². The van der Waals surface area contributed by atoms with E-state index in [0.29, 0.717) is 18.4 Å². The standard InChI is InChI=1S/C17H16FNO4S/c18-24(21,22)15-10-4-8-14-9-5-11-19(16(14)15)17(20)23-12-13-6-2-1-3-7-13/h1-4,6-8,10H,5,9,11-12H2. The zero-order valence-electron chi connectivity index (χ0n) is 12.8. The predicted octanol–water partition coefficient (Wildman–Crippen LogP) is 3.43. The Kier molecular flexibility index (Phi) is 4.53. The maximum absolute atomic E-state index is 13.6. The molecule has 2 aromatic carbocycles. The second kappa shape index (κ2) is 6.60. The van der Waals surface area contributed by atoms with Crippen molar-refractivity contribution in [1.29, 1.82) is 0 Å². The highest BCUT2D eigenvalue weighted by Gasteiger charge is 2.30. The maximum Gasteiger partial charge on any atom is 0.414 e.